The summed E-state index contributed by atoms with van der Waals surface area (Å²) in [5.74, 6) is 0.746. The van der Waals surface area contributed by atoms with E-state index in [9.17, 15) is 0 Å². The quantitative estimate of drug-likeness (QED) is 0.797. The Kier molecular flexibility index (Phi) is 3.14. The molecule has 1 unspecified atom stereocenters. The van der Waals surface area contributed by atoms with E-state index >= 15 is 0 Å². The van der Waals surface area contributed by atoms with Crippen LogP contribution in [0.25, 0.3) is 0 Å². The van der Waals surface area contributed by atoms with Gasteiger partial charge in [0.2, 0.25) is 0 Å². The van der Waals surface area contributed by atoms with Crippen molar-refractivity contribution in [1.82, 2.24) is 0 Å². The predicted molar refractivity (Wildman–Crippen MR) is 59.5 cm³/mol. The van der Waals surface area contributed by atoms with E-state index in [0.717, 1.165) is 23.3 Å². The number of hydrogen-bond donors (Lipinski definition) is 1. The van der Waals surface area contributed by atoms with Crippen molar-refractivity contribution in [1.29, 1.82) is 0 Å². The van der Waals surface area contributed by atoms with E-state index in [1.54, 1.807) is 7.11 Å². The van der Waals surface area contributed by atoms with Crippen LogP contribution in [0.1, 0.15) is 17.2 Å². The van der Waals surface area contributed by atoms with Gasteiger partial charge in [0.25, 0.3) is 0 Å². The molecular weight excluding hydrogens is 214 g/mol. The van der Waals surface area contributed by atoms with Crippen molar-refractivity contribution >= 4 is 11.6 Å². The Labute approximate surface area is 94.1 Å². The molecule has 2 N–H and O–H groups in total. The Morgan fingerprint density at radius 2 is 2.33 bits per heavy atom. The highest BCUT2D eigenvalue weighted by molar-refractivity contribution is 6.31. The third-order valence-electron chi connectivity index (χ3n) is 2.63. The van der Waals surface area contributed by atoms with Gasteiger partial charge in [-0.2, -0.15) is 0 Å². The number of halogens is 1. The van der Waals surface area contributed by atoms with Crippen LogP contribution in [0.4, 0.5) is 0 Å². The molecular formula is C11H14ClNO2. The van der Waals surface area contributed by atoms with Gasteiger partial charge in [-0.1, -0.05) is 11.6 Å². The van der Waals surface area contributed by atoms with Gasteiger partial charge >= 0.3 is 0 Å². The number of benzene rings is 1. The van der Waals surface area contributed by atoms with Gasteiger partial charge in [0.1, 0.15) is 5.75 Å². The molecule has 15 heavy (non-hydrogen) atoms. The summed E-state index contributed by atoms with van der Waals surface area (Å²) >= 11 is 6.17. The van der Waals surface area contributed by atoms with Crippen LogP contribution in [0, 0.1) is 0 Å². The molecule has 1 aliphatic rings. The Balaban J connectivity index is 2.50. The first kappa shape index (κ1) is 10.7. The molecule has 1 atom stereocenters. The Bertz CT molecular complexity index is 368. The SMILES string of the molecule is COc1cc(Cl)c2c(c1)C(N)COCC2. The number of nitrogens with two attached hydrogens (primary N) is 1. The zero-order valence-corrected chi connectivity index (χ0v) is 9.38. The van der Waals surface area contributed by atoms with Crippen molar-refractivity contribution in [2.45, 2.75) is 12.5 Å². The molecule has 0 saturated heterocycles. The van der Waals surface area contributed by atoms with E-state index in [1.807, 2.05) is 12.1 Å². The molecule has 0 spiro atoms. The van der Waals surface area contributed by atoms with Crippen LogP contribution >= 0.6 is 11.6 Å². The van der Waals surface area contributed by atoms with Gasteiger partial charge in [-0.05, 0) is 29.7 Å². The van der Waals surface area contributed by atoms with Crippen LogP contribution in [-0.2, 0) is 11.2 Å². The monoisotopic (exact) mass is 227 g/mol. The van der Waals surface area contributed by atoms with E-state index in [1.165, 1.54) is 0 Å². The van der Waals surface area contributed by atoms with Crippen molar-refractivity contribution in [3.63, 3.8) is 0 Å². The summed E-state index contributed by atoms with van der Waals surface area (Å²) < 4.78 is 10.6. The van der Waals surface area contributed by atoms with Crippen molar-refractivity contribution in [2.75, 3.05) is 20.3 Å². The molecule has 1 aliphatic heterocycles. The summed E-state index contributed by atoms with van der Waals surface area (Å²) in [6.45, 7) is 1.21. The Morgan fingerprint density at radius 1 is 1.53 bits per heavy atom. The van der Waals surface area contributed by atoms with E-state index in [2.05, 4.69) is 0 Å². The second-order valence-electron chi connectivity index (χ2n) is 3.61. The molecule has 0 saturated carbocycles. The molecule has 2 rings (SSSR count). The highest BCUT2D eigenvalue weighted by atomic mass is 35.5. The first-order chi connectivity index (χ1) is 7.22. The zero-order valence-electron chi connectivity index (χ0n) is 8.63. The number of hydrogen-bond acceptors (Lipinski definition) is 3. The largest absolute Gasteiger partial charge is 0.497 e. The Morgan fingerprint density at radius 3 is 3.07 bits per heavy atom. The second-order valence-corrected chi connectivity index (χ2v) is 4.02. The average Bonchev–Trinajstić information content (AvgIpc) is 2.41. The molecule has 82 valence electrons. The number of ether oxygens (including phenoxy) is 2. The molecule has 0 amide bonds. The smallest absolute Gasteiger partial charge is 0.120 e. The summed E-state index contributed by atoms with van der Waals surface area (Å²) in [5, 5.41) is 0.713. The minimum absolute atomic E-state index is 0.116. The molecule has 3 nitrogen and oxygen atoms in total. The topological polar surface area (TPSA) is 44.5 Å². The van der Waals surface area contributed by atoms with Crippen LogP contribution in [0.3, 0.4) is 0 Å². The molecule has 4 heteroatoms. The third-order valence-corrected chi connectivity index (χ3v) is 2.97. The number of rotatable bonds is 1. The molecule has 0 bridgehead atoms. The summed E-state index contributed by atoms with van der Waals surface area (Å²) in [4.78, 5) is 0. The fourth-order valence-electron chi connectivity index (χ4n) is 1.82. The summed E-state index contributed by atoms with van der Waals surface area (Å²) in [6.07, 6.45) is 0.811. The minimum Gasteiger partial charge on any atom is -0.497 e. The Hall–Kier alpha value is -0.770. The lowest BCUT2D eigenvalue weighted by molar-refractivity contribution is 0.131. The zero-order chi connectivity index (χ0) is 10.8. The van der Waals surface area contributed by atoms with E-state index in [0.29, 0.717) is 18.2 Å². The summed E-state index contributed by atoms with van der Waals surface area (Å²) in [5.41, 5.74) is 8.12. The van der Waals surface area contributed by atoms with Crippen LogP contribution in [0.15, 0.2) is 12.1 Å². The highest BCUT2D eigenvalue weighted by Gasteiger charge is 2.19. The van der Waals surface area contributed by atoms with Gasteiger partial charge in [0.05, 0.1) is 26.4 Å². The van der Waals surface area contributed by atoms with Crippen molar-refractivity contribution in [2.24, 2.45) is 5.73 Å². The van der Waals surface area contributed by atoms with Crippen LogP contribution in [0.5, 0.6) is 5.75 Å². The fraction of sp³-hybridized carbons (Fsp3) is 0.455. The highest BCUT2D eigenvalue weighted by Crippen LogP contribution is 2.31. The van der Waals surface area contributed by atoms with Crippen LogP contribution in [-0.4, -0.2) is 20.3 Å². The molecule has 0 radical (unpaired) electrons. The van der Waals surface area contributed by atoms with Gasteiger partial charge in [0, 0.05) is 5.02 Å². The van der Waals surface area contributed by atoms with Gasteiger partial charge in [-0.15, -0.1) is 0 Å². The van der Waals surface area contributed by atoms with E-state index in [4.69, 9.17) is 26.8 Å². The van der Waals surface area contributed by atoms with Gasteiger partial charge in [-0.3, -0.25) is 0 Å². The lowest BCUT2D eigenvalue weighted by atomic mass is 9.99. The van der Waals surface area contributed by atoms with Crippen molar-refractivity contribution in [3.8, 4) is 5.75 Å². The maximum absolute atomic E-state index is 6.17. The minimum atomic E-state index is -0.116. The maximum atomic E-state index is 6.17. The van der Waals surface area contributed by atoms with Gasteiger partial charge in [0.15, 0.2) is 0 Å². The van der Waals surface area contributed by atoms with Gasteiger partial charge < -0.3 is 15.2 Å². The molecule has 0 aliphatic carbocycles. The third kappa shape index (κ3) is 2.09. The molecule has 0 fully saturated rings. The standard InChI is InChI=1S/C11H14ClNO2/c1-14-7-4-9-8(10(12)5-7)2-3-15-6-11(9)13/h4-5,11H,2-3,6,13H2,1H3. The van der Waals surface area contributed by atoms with E-state index < -0.39 is 0 Å². The molecule has 1 aromatic rings. The lowest BCUT2D eigenvalue weighted by Gasteiger charge is -2.14. The molecule has 1 aromatic carbocycles. The van der Waals surface area contributed by atoms with Crippen molar-refractivity contribution in [3.05, 3.63) is 28.3 Å². The van der Waals surface area contributed by atoms with Gasteiger partial charge in [-0.25, -0.2) is 0 Å². The van der Waals surface area contributed by atoms with E-state index in [-0.39, 0.29) is 6.04 Å². The summed E-state index contributed by atoms with van der Waals surface area (Å²) in [7, 11) is 1.62. The summed E-state index contributed by atoms with van der Waals surface area (Å²) in [6, 6.07) is 3.65. The maximum Gasteiger partial charge on any atom is 0.120 e. The molecule has 0 aromatic heterocycles. The van der Waals surface area contributed by atoms with Crippen molar-refractivity contribution < 1.29 is 9.47 Å². The van der Waals surface area contributed by atoms with Crippen LogP contribution in [0.2, 0.25) is 5.02 Å². The fourth-order valence-corrected chi connectivity index (χ4v) is 2.13. The predicted octanol–water partition coefficient (Wildman–Crippen LogP) is 1.92. The first-order valence-corrected chi connectivity index (χ1v) is 5.30. The normalized spacial score (nSPS) is 20.6. The average molecular weight is 228 g/mol. The van der Waals surface area contributed by atoms with Crippen LogP contribution < -0.4 is 10.5 Å². The first-order valence-electron chi connectivity index (χ1n) is 4.92. The second kappa shape index (κ2) is 4.39. The number of methoxy groups -OCH3 is 1. The molecule has 1 heterocycles. The lowest BCUT2D eigenvalue weighted by Crippen LogP contribution is -2.16. The number of fused-ring (bicyclic) bond motifs is 1.